The molecule has 3 N–H and O–H groups in total. The molecule has 4 aromatic heterocycles. The number of hydrogen-bond donors (Lipinski definition) is 3. The van der Waals surface area contributed by atoms with Crippen molar-refractivity contribution in [3.63, 3.8) is 0 Å². The lowest BCUT2D eigenvalue weighted by molar-refractivity contribution is -0.106. The van der Waals surface area contributed by atoms with E-state index in [1.54, 1.807) is 42.5 Å². The number of rotatable bonds is 6. The summed E-state index contributed by atoms with van der Waals surface area (Å²) >= 11 is 6.26. The molecule has 5 rings (SSSR count). The Morgan fingerprint density at radius 2 is 2.19 bits per heavy atom. The van der Waals surface area contributed by atoms with Crippen LogP contribution in [0.25, 0.3) is 33.5 Å². The van der Waals surface area contributed by atoms with E-state index in [-0.39, 0.29) is 18.9 Å². The standard InChI is InChI=1S/C21H20ClF2N7O/c1-11(32)7-28-20-25-3-2-17(29-20)15-10-31(13-5-21(23,24)6-13)30-18(15)12-4-14-16(22)9-27-19(14)26-8-12/h2-4,8-11,13,32H,5-7H2,1H3,(H,26,27)(H,25,28,29)/t11-/m0/s1. The average molecular weight is 460 g/mol. The number of halogens is 3. The molecule has 1 atom stereocenters. The Hall–Kier alpha value is -3.11. The lowest BCUT2D eigenvalue weighted by Crippen LogP contribution is -2.37. The van der Waals surface area contributed by atoms with Gasteiger partial charge in [-0.15, -0.1) is 0 Å². The summed E-state index contributed by atoms with van der Waals surface area (Å²) in [7, 11) is 0. The molecule has 32 heavy (non-hydrogen) atoms. The van der Waals surface area contributed by atoms with E-state index in [1.807, 2.05) is 6.07 Å². The van der Waals surface area contributed by atoms with Crippen molar-refractivity contribution < 1.29 is 13.9 Å². The molecule has 0 aromatic carbocycles. The van der Waals surface area contributed by atoms with Crippen molar-refractivity contribution in [2.45, 2.75) is 37.8 Å². The van der Waals surface area contributed by atoms with Gasteiger partial charge in [0.15, 0.2) is 0 Å². The number of H-pyrrole nitrogens is 1. The van der Waals surface area contributed by atoms with Crippen LogP contribution in [-0.2, 0) is 0 Å². The van der Waals surface area contributed by atoms with Crippen LogP contribution in [-0.4, -0.2) is 53.4 Å². The van der Waals surface area contributed by atoms with Crippen LogP contribution in [0.15, 0.2) is 36.9 Å². The van der Waals surface area contributed by atoms with Gasteiger partial charge in [0.25, 0.3) is 5.92 Å². The summed E-state index contributed by atoms with van der Waals surface area (Å²) in [4.78, 5) is 16.1. The number of fused-ring (bicyclic) bond motifs is 1. The van der Waals surface area contributed by atoms with Crippen molar-refractivity contribution in [1.29, 1.82) is 0 Å². The molecular formula is C21H20ClF2N7O. The first-order valence-electron chi connectivity index (χ1n) is 10.1. The maximum Gasteiger partial charge on any atom is 0.252 e. The molecule has 8 nitrogen and oxygen atoms in total. The first kappa shape index (κ1) is 20.8. The lowest BCUT2D eigenvalue weighted by Gasteiger charge is -2.34. The highest BCUT2D eigenvalue weighted by molar-refractivity contribution is 6.35. The van der Waals surface area contributed by atoms with E-state index >= 15 is 0 Å². The van der Waals surface area contributed by atoms with Crippen molar-refractivity contribution in [3.8, 4) is 22.5 Å². The number of aromatic nitrogens is 6. The van der Waals surface area contributed by atoms with E-state index in [0.717, 1.165) is 5.39 Å². The number of aromatic amines is 1. The van der Waals surface area contributed by atoms with Crippen LogP contribution in [0.3, 0.4) is 0 Å². The zero-order valence-electron chi connectivity index (χ0n) is 17.1. The molecular weight excluding hydrogens is 440 g/mol. The molecule has 0 radical (unpaired) electrons. The molecule has 0 bridgehead atoms. The minimum absolute atomic E-state index is 0.251. The Balaban J connectivity index is 1.58. The number of nitrogens with zero attached hydrogens (tertiary/aromatic N) is 5. The minimum atomic E-state index is -2.66. The second-order valence-electron chi connectivity index (χ2n) is 8.04. The Bertz CT molecular complexity index is 1280. The largest absolute Gasteiger partial charge is 0.392 e. The van der Waals surface area contributed by atoms with Gasteiger partial charge in [-0.1, -0.05) is 11.6 Å². The van der Waals surface area contributed by atoms with E-state index in [2.05, 4.69) is 30.4 Å². The van der Waals surface area contributed by atoms with Crippen LogP contribution in [0.4, 0.5) is 14.7 Å². The highest BCUT2D eigenvalue weighted by Gasteiger charge is 2.47. The molecule has 0 saturated heterocycles. The fourth-order valence-electron chi connectivity index (χ4n) is 3.73. The van der Waals surface area contributed by atoms with Gasteiger partial charge in [0.1, 0.15) is 11.3 Å². The number of pyridine rings is 1. The summed E-state index contributed by atoms with van der Waals surface area (Å²) in [5.41, 5.74) is 3.13. The fraction of sp³-hybridized carbons (Fsp3) is 0.333. The lowest BCUT2D eigenvalue weighted by atomic mass is 9.88. The normalized spacial score (nSPS) is 16.8. The number of anilines is 1. The van der Waals surface area contributed by atoms with Crippen molar-refractivity contribution >= 4 is 28.6 Å². The predicted octanol–water partition coefficient (Wildman–Crippen LogP) is 4.30. The number of hydrogen-bond acceptors (Lipinski definition) is 6. The highest BCUT2D eigenvalue weighted by Crippen LogP contribution is 2.46. The molecule has 11 heteroatoms. The summed E-state index contributed by atoms with van der Waals surface area (Å²) in [5, 5.41) is 18.4. The topological polar surface area (TPSA) is 105 Å². The van der Waals surface area contributed by atoms with E-state index in [9.17, 15) is 13.9 Å². The highest BCUT2D eigenvalue weighted by atomic mass is 35.5. The fourth-order valence-corrected chi connectivity index (χ4v) is 3.93. The Labute approximate surface area is 186 Å². The third-order valence-corrected chi connectivity index (χ3v) is 5.73. The van der Waals surface area contributed by atoms with Crippen LogP contribution in [0.1, 0.15) is 25.8 Å². The van der Waals surface area contributed by atoms with Gasteiger partial charge in [0.05, 0.1) is 22.9 Å². The van der Waals surface area contributed by atoms with Gasteiger partial charge < -0.3 is 15.4 Å². The molecule has 1 aliphatic carbocycles. The first-order chi connectivity index (χ1) is 15.3. The monoisotopic (exact) mass is 459 g/mol. The third kappa shape index (κ3) is 3.91. The van der Waals surface area contributed by atoms with Crippen LogP contribution in [0.5, 0.6) is 0 Å². The molecule has 1 fully saturated rings. The second-order valence-corrected chi connectivity index (χ2v) is 8.45. The second kappa shape index (κ2) is 7.79. The molecule has 0 spiro atoms. The Morgan fingerprint density at radius 1 is 1.38 bits per heavy atom. The predicted molar refractivity (Wildman–Crippen MR) is 117 cm³/mol. The summed E-state index contributed by atoms with van der Waals surface area (Å²) < 4.78 is 28.6. The van der Waals surface area contributed by atoms with Crippen LogP contribution in [0.2, 0.25) is 5.02 Å². The van der Waals surface area contributed by atoms with Crippen molar-refractivity contribution in [1.82, 2.24) is 29.7 Å². The van der Waals surface area contributed by atoms with Crippen LogP contribution >= 0.6 is 11.6 Å². The van der Waals surface area contributed by atoms with Gasteiger partial charge >= 0.3 is 0 Å². The van der Waals surface area contributed by atoms with Gasteiger partial charge in [-0.2, -0.15) is 5.10 Å². The first-order valence-corrected chi connectivity index (χ1v) is 10.5. The van der Waals surface area contributed by atoms with Gasteiger partial charge in [-0.25, -0.2) is 23.7 Å². The molecule has 1 saturated carbocycles. The van der Waals surface area contributed by atoms with Crippen molar-refractivity contribution in [2.24, 2.45) is 0 Å². The van der Waals surface area contributed by atoms with E-state index in [1.165, 1.54) is 0 Å². The van der Waals surface area contributed by atoms with Gasteiger partial charge in [-0.3, -0.25) is 4.68 Å². The Morgan fingerprint density at radius 3 is 2.94 bits per heavy atom. The van der Waals surface area contributed by atoms with Crippen molar-refractivity contribution in [3.05, 3.63) is 41.9 Å². The quantitative estimate of drug-likeness (QED) is 0.397. The van der Waals surface area contributed by atoms with Crippen LogP contribution < -0.4 is 5.32 Å². The zero-order valence-corrected chi connectivity index (χ0v) is 17.8. The SMILES string of the molecule is C[C@H](O)CNc1nccc(-c2cn(C3CC(F)(F)C3)nc2-c2cnc3[nH]cc(Cl)c3c2)n1. The summed E-state index contributed by atoms with van der Waals surface area (Å²) in [6.45, 7) is 1.95. The molecule has 0 amide bonds. The maximum atomic E-state index is 13.5. The maximum absolute atomic E-state index is 13.5. The molecule has 166 valence electrons. The summed E-state index contributed by atoms with van der Waals surface area (Å²) in [6, 6.07) is 3.20. The number of aliphatic hydroxyl groups excluding tert-OH is 1. The average Bonchev–Trinajstić information content (AvgIpc) is 3.35. The van der Waals surface area contributed by atoms with E-state index in [4.69, 9.17) is 11.6 Å². The van der Waals surface area contributed by atoms with E-state index < -0.39 is 12.0 Å². The van der Waals surface area contributed by atoms with Gasteiger partial charge in [0, 0.05) is 60.7 Å². The zero-order chi connectivity index (χ0) is 22.5. The smallest absolute Gasteiger partial charge is 0.252 e. The van der Waals surface area contributed by atoms with E-state index in [0.29, 0.717) is 45.7 Å². The number of alkyl halides is 2. The molecule has 0 aliphatic heterocycles. The summed E-state index contributed by atoms with van der Waals surface area (Å²) in [6.07, 6.45) is 5.58. The summed E-state index contributed by atoms with van der Waals surface area (Å²) in [5.74, 6) is -2.32. The minimum Gasteiger partial charge on any atom is -0.392 e. The Kier molecular flexibility index (Phi) is 5.06. The van der Waals surface area contributed by atoms with Gasteiger partial charge in [0.2, 0.25) is 5.95 Å². The van der Waals surface area contributed by atoms with Crippen LogP contribution in [0, 0.1) is 0 Å². The number of nitrogens with one attached hydrogen (secondary N) is 2. The molecule has 4 heterocycles. The molecule has 4 aromatic rings. The van der Waals surface area contributed by atoms with Gasteiger partial charge in [-0.05, 0) is 19.1 Å². The molecule has 0 unspecified atom stereocenters. The third-order valence-electron chi connectivity index (χ3n) is 5.42. The number of aliphatic hydroxyl groups is 1. The molecule has 1 aliphatic rings. The van der Waals surface area contributed by atoms with Crippen molar-refractivity contribution in [2.75, 3.05) is 11.9 Å².